The number of aliphatic hydroxyl groups is 1. The lowest BCUT2D eigenvalue weighted by Crippen LogP contribution is -2.61. The van der Waals surface area contributed by atoms with Crippen molar-refractivity contribution in [3.05, 3.63) is 12.2 Å². The fraction of sp³-hybridized carbons (Fsp3) is 0.812. The third-order valence-corrected chi connectivity index (χ3v) is 5.05. The van der Waals surface area contributed by atoms with Crippen LogP contribution in [0.4, 0.5) is 8.78 Å². The van der Waals surface area contributed by atoms with Crippen molar-refractivity contribution in [2.45, 2.75) is 70.1 Å². The van der Waals surface area contributed by atoms with Gasteiger partial charge < -0.3 is 14.6 Å². The molecule has 1 aromatic rings. The standard InChI is InChI=1S/C16H24F2N4O2/c1-11(2)9-21-10-19-20-13(21)12-5-3-8-22(12)14(23)16(17,18)15(24)6-4-7-15/h10-12,24H,3-9H2,1-2H3/t12-/m0/s1. The van der Waals surface area contributed by atoms with E-state index >= 15 is 0 Å². The van der Waals surface area contributed by atoms with Gasteiger partial charge in [-0.2, -0.15) is 8.78 Å². The van der Waals surface area contributed by atoms with E-state index in [1.807, 2.05) is 18.4 Å². The predicted molar refractivity (Wildman–Crippen MR) is 82.3 cm³/mol. The molecule has 1 N–H and O–H groups in total. The summed E-state index contributed by atoms with van der Waals surface area (Å²) in [5.74, 6) is -4.14. The van der Waals surface area contributed by atoms with Gasteiger partial charge in [0.15, 0.2) is 5.82 Å². The Morgan fingerprint density at radius 1 is 1.46 bits per heavy atom. The Kier molecular flexibility index (Phi) is 4.36. The third-order valence-electron chi connectivity index (χ3n) is 5.05. The van der Waals surface area contributed by atoms with Gasteiger partial charge in [-0.1, -0.05) is 13.8 Å². The van der Waals surface area contributed by atoms with Gasteiger partial charge in [-0.25, -0.2) is 0 Å². The highest BCUT2D eigenvalue weighted by Crippen LogP contribution is 2.46. The van der Waals surface area contributed by atoms with Crippen LogP contribution in [0.25, 0.3) is 0 Å². The number of likely N-dealkylation sites (tertiary alicyclic amines) is 1. The maximum Gasteiger partial charge on any atom is 0.352 e. The van der Waals surface area contributed by atoms with Gasteiger partial charge in [0.2, 0.25) is 0 Å². The molecule has 0 spiro atoms. The van der Waals surface area contributed by atoms with Crippen LogP contribution < -0.4 is 0 Å². The predicted octanol–water partition coefficient (Wildman–Crippen LogP) is 2.15. The molecule has 1 saturated carbocycles. The summed E-state index contributed by atoms with van der Waals surface area (Å²) < 4.78 is 30.9. The number of nitrogens with zero attached hydrogens (tertiary/aromatic N) is 4. The lowest BCUT2D eigenvalue weighted by molar-refractivity contribution is -0.224. The van der Waals surface area contributed by atoms with Crippen molar-refractivity contribution in [1.82, 2.24) is 19.7 Å². The smallest absolute Gasteiger partial charge is 0.352 e. The molecular weight excluding hydrogens is 318 g/mol. The van der Waals surface area contributed by atoms with E-state index in [2.05, 4.69) is 10.2 Å². The van der Waals surface area contributed by atoms with Crippen LogP contribution in [-0.2, 0) is 11.3 Å². The molecule has 2 fully saturated rings. The van der Waals surface area contributed by atoms with Crippen molar-refractivity contribution >= 4 is 5.91 Å². The molecule has 0 unspecified atom stereocenters. The zero-order valence-corrected chi connectivity index (χ0v) is 14.1. The first-order valence-electron chi connectivity index (χ1n) is 8.55. The minimum Gasteiger partial charge on any atom is -0.383 e. The molecule has 1 aromatic heterocycles. The number of hydrogen-bond donors (Lipinski definition) is 1. The van der Waals surface area contributed by atoms with Gasteiger partial charge in [-0.05, 0) is 38.0 Å². The number of amides is 1. The Labute approximate surface area is 139 Å². The fourth-order valence-electron chi connectivity index (χ4n) is 3.54. The van der Waals surface area contributed by atoms with E-state index in [1.54, 1.807) is 6.33 Å². The quantitative estimate of drug-likeness (QED) is 0.890. The van der Waals surface area contributed by atoms with Crippen molar-refractivity contribution in [2.75, 3.05) is 6.54 Å². The van der Waals surface area contributed by atoms with Crippen LogP contribution in [0.3, 0.4) is 0 Å². The second kappa shape index (κ2) is 6.06. The molecule has 24 heavy (non-hydrogen) atoms. The second-order valence-corrected chi connectivity index (χ2v) is 7.35. The Morgan fingerprint density at radius 3 is 2.75 bits per heavy atom. The molecule has 0 aromatic carbocycles. The van der Waals surface area contributed by atoms with Crippen molar-refractivity contribution in [3.63, 3.8) is 0 Å². The Balaban J connectivity index is 1.83. The summed E-state index contributed by atoms with van der Waals surface area (Å²) in [7, 11) is 0. The SMILES string of the molecule is CC(C)Cn1cnnc1[C@@H]1CCCN1C(=O)C(F)(F)C1(O)CCC1. The molecule has 1 atom stereocenters. The fourth-order valence-corrected chi connectivity index (χ4v) is 3.54. The second-order valence-electron chi connectivity index (χ2n) is 7.35. The van der Waals surface area contributed by atoms with Gasteiger partial charge in [0.1, 0.15) is 11.9 Å². The average Bonchev–Trinajstić information content (AvgIpc) is 3.11. The molecule has 3 rings (SSSR count). The first-order valence-corrected chi connectivity index (χ1v) is 8.55. The van der Waals surface area contributed by atoms with Crippen molar-refractivity contribution in [3.8, 4) is 0 Å². The van der Waals surface area contributed by atoms with E-state index in [1.165, 1.54) is 4.90 Å². The summed E-state index contributed by atoms with van der Waals surface area (Å²) >= 11 is 0. The lowest BCUT2D eigenvalue weighted by Gasteiger charge is -2.43. The van der Waals surface area contributed by atoms with Crippen LogP contribution in [0.2, 0.25) is 0 Å². The van der Waals surface area contributed by atoms with Crippen LogP contribution in [-0.4, -0.2) is 48.7 Å². The van der Waals surface area contributed by atoms with Crippen LogP contribution in [0.15, 0.2) is 6.33 Å². The van der Waals surface area contributed by atoms with Crippen LogP contribution in [0.5, 0.6) is 0 Å². The molecule has 0 bridgehead atoms. The number of alkyl halides is 2. The molecule has 134 valence electrons. The highest BCUT2D eigenvalue weighted by atomic mass is 19.3. The molecule has 1 amide bonds. The van der Waals surface area contributed by atoms with Crippen LogP contribution in [0, 0.1) is 5.92 Å². The highest BCUT2D eigenvalue weighted by molar-refractivity contribution is 5.85. The minimum absolute atomic E-state index is 0.0339. The monoisotopic (exact) mass is 342 g/mol. The third kappa shape index (κ3) is 2.70. The normalized spacial score (nSPS) is 23.6. The van der Waals surface area contributed by atoms with Crippen molar-refractivity contribution in [2.24, 2.45) is 5.92 Å². The zero-order valence-electron chi connectivity index (χ0n) is 14.1. The number of halogens is 2. The van der Waals surface area contributed by atoms with Gasteiger partial charge in [-0.15, -0.1) is 10.2 Å². The van der Waals surface area contributed by atoms with Gasteiger partial charge in [0.05, 0.1) is 6.04 Å². The molecule has 8 heteroatoms. The molecule has 1 saturated heterocycles. The average molecular weight is 342 g/mol. The molecule has 2 heterocycles. The highest BCUT2D eigenvalue weighted by Gasteiger charge is 2.63. The minimum atomic E-state index is -3.75. The summed E-state index contributed by atoms with van der Waals surface area (Å²) in [4.78, 5) is 13.7. The number of carbonyl (C=O) groups is 1. The molecule has 0 radical (unpaired) electrons. The van der Waals surface area contributed by atoms with E-state index in [9.17, 15) is 18.7 Å². The van der Waals surface area contributed by atoms with Crippen molar-refractivity contribution < 1.29 is 18.7 Å². The maximum atomic E-state index is 14.5. The van der Waals surface area contributed by atoms with Gasteiger partial charge in [0, 0.05) is 13.1 Å². The van der Waals surface area contributed by atoms with Crippen molar-refractivity contribution in [1.29, 1.82) is 0 Å². The molecule has 1 aliphatic heterocycles. The Morgan fingerprint density at radius 2 is 2.17 bits per heavy atom. The van der Waals surface area contributed by atoms with Gasteiger partial charge in [-0.3, -0.25) is 4.79 Å². The van der Waals surface area contributed by atoms with E-state index in [0.29, 0.717) is 37.5 Å². The number of rotatable bonds is 5. The number of hydrogen-bond acceptors (Lipinski definition) is 4. The zero-order chi connectivity index (χ0) is 17.5. The summed E-state index contributed by atoms with van der Waals surface area (Å²) in [5.41, 5.74) is -2.19. The van der Waals surface area contributed by atoms with E-state index in [0.717, 1.165) is 0 Å². The van der Waals surface area contributed by atoms with Crippen LogP contribution >= 0.6 is 0 Å². The van der Waals surface area contributed by atoms with Gasteiger partial charge >= 0.3 is 5.92 Å². The molecular formula is C16H24F2N4O2. The summed E-state index contributed by atoms with van der Waals surface area (Å²) in [5, 5.41) is 18.0. The maximum absolute atomic E-state index is 14.5. The van der Waals surface area contributed by atoms with Crippen LogP contribution in [0.1, 0.15) is 57.8 Å². The van der Waals surface area contributed by atoms with E-state index in [4.69, 9.17) is 0 Å². The first kappa shape index (κ1) is 17.3. The molecule has 2 aliphatic rings. The largest absolute Gasteiger partial charge is 0.383 e. The Bertz CT molecular complexity index is 613. The molecule has 1 aliphatic carbocycles. The first-order chi connectivity index (χ1) is 11.3. The van der Waals surface area contributed by atoms with E-state index in [-0.39, 0.29) is 19.4 Å². The Hall–Kier alpha value is -1.57. The number of aromatic nitrogens is 3. The topological polar surface area (TPSA) is 71.2 Å². The summed E-state index contributed by atoms with van der Waals surface area (Å²) in [6.07, 6.45) is 3.25. The van der Waals surface area contributed by atoms with Gasteiger partial charge in [0.25, 0.3) is 5.91 Å². The lowest BCUT2D eigenvalue weighted by atomic mass is 9.75. The summed E-state index contributed by atoms with van der Waals surface area (Å²) in [6.45, 7) is 5.01. The molecule has 6 nitrogen and oxygen atoms in total. The van der Waals surface area contributed by atoms with E-state index < -0.39 is 23.5 Å². The number of carbonyl (C=O) groups excluding carboxylic acids is 1. The summed E-state index contributed by atoms with van der Waals surface area (Å²) in [6, 6.07) is -0.506.